The second-order valence-electron chi connectivity index (χ2n) is 6.56. The highest BCUT2D eigenvalue weighted by molar-refractivity contribution is 6.30. The number of hydrogen-bond acceptors (Lipinski definition) is 2. The Balaban J connectivity index is 1.58. The van der Waals surface area contributed by atoms with Crippen molar-refractivity contribution in [3.63, 3.8) is 0 Å². The number of alkyl halides is 3. The first kappa shape index (κ1) is 20.2. The molecule has 2 amide bonds. The third-order valence-corrected chi connectivity index (χ3v) is 4.84. The lowest BCUT2D eigenvalue weighted by molar-refractivity contribution is -0.138. The van der Waals surface area contributed by atoms with Crippen LogP contribution in [-0.4, -0.2) is 47.8 Å². The van der Waals surface area contributed by atoms with E-state index in [1.807, 2.05) is 0 Å². The van der Waals surface area contributed by atoms with Gasteiger partial charge in [-0.25, -0.2) is 0 Å². The number of carbonyl (C=O) groups excluding carboxylic acids is 2. The summed E-state index contributed by atoms with van der Waals surface area (Å²) in [6, 6.07) is 11.4. The first-order valence-electron chi connectivity index (χ1n) is 8.73. The number of halogens is 4. The number of nitrogens with zero attached hydrogens (tertiary/aromatic N) is 2. The summed E-state index contributed by atoms with van der Waals surface area (Å²) in [6.07, 6.45) is -4.54. The fraction of sp³-hybridized carbons (Fsp3) is 0.300. The zero-order valence-electron chi connectivity index (χ0n) is 14.9. The van der Waals surface area contributed by atoms with Gasteiger partial charge >= 0.3 is 6.18 Å². The number of amides is 2. The van der Waals surface area contributed by atoms with Gasteiger partial charge in [0, 0.05) is 36.8 Å². The summed E-state index contributed by atoms with van der Waals surface area (Å²) in [5.74, 6) is -0.415. The molecule has 0 atom stereocenters. The van der Waals surface area contributed by atoms with E-state index in [2.05, 4.69) is 0 Å². The Labute approximate surface area is 165 Å². The Morgan fingerprint density at radius 2 is 1.57 bits per heavy atom. The third kappa shape index (κ3) is 4.84. The number of piperazine rings is 1. The molecule has 148 valence electrons. The van der Waals surface area contributed by atoms with Crippen LogP contribution in [0.15, 0.2) is 48.5 Å². The Morgan fingerprint density at radius 3 is 2.21 bits per heavy atom. The molecular formula is C20H18ClF3N2O2. The van der Waals surface area contributed by atoms with Gasteiger partial charge in [0.15, 0.2) is 0 Å². The lowest BCUT2D eigenvalue weighted by Crippen LogP contribution is -2.51. The van der Waals surface area contributed by atoms with Gasteiger partial charge in [0.05, 0.1) is 12.0 Å². The van der Waals surface area contributed by atoms with Crippen LogP contribution < -0.4 is 0 Å². The number of benzene rings is 2. The maximum absolute atomic E-state index is 12.8. The summed E-state index contributed by atoms with van der Waals surface area (Å²) < 4.78 is 38.4. The molecule has 1 fully saturated rings. The van der Waals surface area contributed by atoms with Gasteiger partial charge in [0.25, 0.3) is 5.91 Å². The van der Waals surface area contributed by atoms with E-state index in [0.717, 1.165) is 12.1 Å². The van der Waals surface area contributed by atoms with E-state index in [-0.39, 0.29) is 18.2 Å². The second-order valence-corrected chi connectivity index (χ2v) is 6.99. The summed E-state index contributed by atoms with van der Waals surface area (Å²) in [4.78, 5) is 28.2. The molecule has 0 unspecified atom stereocenters. The molecule has 28 heavy (non-hydrogen) atoms. The predicted octanol–water partition coefficient (Wildman–Crippen LogP) is 3.89. The monoisotopic (exact) mass is 410 g/mol. The molecule has 1 heterocycles. The third-order valence-electron chi connectivity index (χ3n) is 4.60. The average Bonchev–Trinajstić information content (AvgIpc) is 2.67. The standard InChI is InChI=1S/C20H18ClF3N2O2/c21-17-6-2-4-15(13-17)19(28)26-9-7-25(8-10-26)18(27)12-14-3-1-5-16(11-14)20(22,23)24/h1-6,11,13H,7-10,12H2. The van der Waals surface area contributed by atoms with Crippen molar-refractivity contribution in [1.82, 2.24) is 9.80 Å². The van der Waals surface area contributed by atoms with E-state index >= 15 is 0 Å². The molecule has 0 bridgehead atoms. The molecule has 0 saturated carbocycles. The van der Waals surface area contributed by atoms with Gasteiger partial charge in [0.2, 0.25) is 5.91 Å². The Morgan fingerprint density at radius 1 is 0.929 bits per heavy atom. The highest BCUT2D eigenvalue weighted by Crippen LogP contribution is 2.29. The SMILES string of the molecule is O=C(Cc1cccc(C(F)(F)F)c1)N1CCN(C(=O)c2cccc(Cl)c2)CC1. The van der Waals surface area contributed by atoms with E-state index in [4.69, 9.17) is 11.6 Å². The molecule has 4 nitrogen and oxygen atoms in total. The summed E-state index contributed by atoms with van der Waals surface area (Å²) in [5, 5.41) is 0.473. The average molecular weight is 411 g/mol. The van der Waals surface area contributed by atoms with Crippen LogP contribution in [0.5, 0.6) is 0 Å². The summed E-state index contributed by atoms with van der Waals surface area (Å²) >= 11 is 5.91. The van der Waals surface area contributed by atoms with Crippen LogP contribution >= 0.6 is 11.6 Å². The smallest absolute Gasteiger partial charge is 0.339 e. The highest BCUT2D eigenvalue weighted by Gasteiger charge is 2.31. The molecule has 3 rings (SSSR count). The van der Waals surface area contributed by atoms with Crippen LogP contribution in [-0.2, 0) is 17.4 Å². The van der Waals surface area contributed by atoms with Crippen molar-refractivity contribution < 1.29 is 22.8 Å². The van der Waals surface area contributed by atoms with E-state index in [1.54, 1.807) is 34.1 Å². The minimum absolute atomic E-state index is 0.105. The van der Waals surface area contributed by atoms with E-state index in [9.17, 15) is 22.8 Å². The first-order valence-corrected chi connectivity index (χ1v) is 9.10. The van der Waals surface area contributed by atoms with Crippen molar-refractivity contribution >= 4 is 23.4 Å². The number of carbonyl (C=O) groups is 2. The number of rotatable bonds is 3. The largest absolute Gasteiger partial charge is 0.416 e. The van der Waals surface area contributed by atoms with Crippen LogP contribution in [0, 0.1) is 0 Å². The molecule has 8 heteroatoms. The number of hydrogen-bond donors (Lipinski definition) is 0. The normalized spacial score (nSPS) is 14.9. The summed E-state index contributed by atoms with van der Waals surface area (Å²) in [6.45, 7) is 1.40. The van der Waals surface area contributed by atoms with Crippen LogP contribution in [0.1, 0.15) is 21.5 Å². The van der Waals surface area contributed by atoms with E-state index < -0.39 is 11.7 Å². The van der Waals surface area contributed by atoms with Gasteiger partial charge in [-0.3, -0.25) is 9.59 Å². The second kappa shape index (κ2) is 8.22. The molecule has 1 aliphatic rings. The fourth-order valence-corrected chi connectivity index (χ4v) is 3.30. The lowest BCUT2D eigenvalue weighted by atomic mass is 10.1. The Hall–Kier alpha value is -2.54. The van der Waals surface area contributed by atoms with Crippen molar-refractivity contribution in [2.45, 2.75) is 12.6 Å². The summed E-state index contributed by atoms with van der Waals surface area (Å²) in [5.41, 5.74) is 0.0308. The molecular weight excluding hydrogens is 393 g/mol. The first-order chi connectivity index (χ1) is 13.2. The van der Waals surface area contributed by atoms with E-state index in [1.165, 1.54) is 12.1 Å². The lowest BCUT2D eigenvalue weighted by Gasteiger charge is -2.35. The molecule has 2 aromatic carbocycles. The Bertz CT molecular complexity index is 878. The van der Waals surface area contributed by atoms with Crippen LogP contribution in [0.3, 0.4) is 0 Å². The summed E-state index contributed by atoms with van der Waals surface area (Å²) in [7, 11) is 0. The van der Waals surface area contributed by atoms with Crippen molar-refractivity contribution in [1.29, 1.82) is 0 Å². The molecule has 0 aromatic heterocycles. The van der Waals surface area contributed by atoms with Crippen molar-refractivity contribution in [3.05, 3.63) is 70.2 Å². The van der Waals surface area contributed by atoms with Gasteiger partial charge in [-0.15, -0.1) is 0 Å². The highest BCUT2D eigenvalue weighted by atomic mass is 35.5. The maximum atomic E-state index is 12.8. The van der Waals surface area contributed by atoms with E-state index in [0.29, 0.717) is 42.3 Å². The van der Waals surface area contributed by atoms with Gasteiger partial charge in [-0.1, -0.05) is 35.9 Å². The van der Waals surface area contributed by atoms with Gasteiger partial charge in [-0.05, 0) is 29.8 Å². The topological polar surface area (TPSA) is 40.6 Å². The minimum Gasteiger partial charge on any atom is -0.339 e. The van der Waals surface area contributed by atoms with Gasteiger partial charge in [-0.2, -0.15) is 13.2 Å². The van der Waals surface area contributed by atoms with Crippen LogP contribution in [0.2, 0.25) is 5.02 Å². The zero-order valence-corrected chi connectivity index (χ0v) is 15.6. The maximum Gasteiger partial charge on any atom is 0.416 e. The molecule has 0 spiro atoms. The fourth-order valence-electron chi connectivity index (χ4n) is 3.11. The van der Waals surface area contributed by atoms with Gasteiger partial charge < -0.3 is 9.80 Å². The predicted molar refractivity (Wildman–Crippen MR) is 99.1 cm³/mol. The molecule has 0 N–H and O–H groups in total. The molecule has 0 radical (unpaired) electrons. The van der Waals surface area contributed by atoms with Crippen molar-refractivity contribution in [2.24, 2.45) is 0 Å². The molecule has 1 saturated heterocycles. The van der Waals surface area contributed by atoms with Gasteiger partial charge in [0.1, 0.15) is 0 Å². The zero-order chi connectivity index (χ0) is 20.3. The molecule has 0 aliphatic carbocycles. The van der Waals surface area contributed by atoms with Crippen LogP contribution in [0.25, 0.3) is 0 Å². The van der Waals surface area contributed by atoms with Crippen molar-refractivity contribution in [2.75, 3.05) is 26.2 Å². The van der Waals surface area contributed by atoms with Crippen molar-refractivity contribution in [3.8, 4) is 0 Å². The molecule has 2 aromatic rings. The Kier molecular flexibility index (Phi) is 5.93. The minimum atomic E-state index is -4.44. The molecule has 1 aliphatic heterocycles. The van der Waals surface area contributed by atoms with Crippen LogP contribution in [0.4, 0.5) is 13.2 Å². The quantitative estimate of drug-likeness (QED) is 0.770.